The largest absolute Gasteiger partial charge is 0.356 e. The van der Waals surface area contributed by atoms with Gasteiger partial charge in [0.25, 0.3) is 0 Å². The minimum Gasteiger partial charge on any atom is -0.356 e. The molecule has 1 aliphatic carbocycles. The summed E-state index contributed by atoms with van der Waals surface area (Å²) in [5.41, 5.74) is 2.75. The average molecular weight is 394 g/mol. The highest BCUT2D eigenvalue weighted by atomic mass is 35.5. The number of amides is 2. The first-order chi connectivity index (χ1) is 12.8. The lowest BCUT2D eigenvalue weighted by Gasteiger charge is -2.27. The quantitative estimate of drug-likeness (QED) is 0.693. The Balaban J connectivity index is 1.80. The summed E-state index contributed by atoms with van der Waals surface area (Å²) in [5, 5.41) is 6.60. The first-order valence-corrected chi connectivity index (χ1v) is 10.2. The lowest BCUT2D eigenvalue weighted by atomic mass is 9.81. The molecule has 6 heteroatoms. The smallest absolute Gasteiger partial charge is 0.227 e. The molecule has 27 heavy (non-hydrogen) atoms. The van der Waals surface area contributed by atoms with Crippen LogP contribution in [-0.4, -0.2) is 43.9 Å². The van der Waals surface area contributed by atoms with Gasteiger partial charge in [0.2, 0.25) is 11.8 Å². The number of hydrogen-bond donors (Lipinski definition) is 2. The predicted molar refractivity (Wildman–Crippen MR) is 111 cm³/mol. The minimum atomic E-state index is -0.0560. The van der Waals surface area contributed by atoms with Crippen LogP contribution in [0.15, 0.2) is 12.1 Å². The van der Waals surface area contributed by atoms with E-state index in [4.69, 9.17) is 11.6 Å². The Morgan fingerprint density at radius 3 is 2.22 bits per heavy atom. The van der Waals surface area contributed by atoms with Gasteiger partial charge in [-0.1, -0.05) is 17.7 Å². The highest BCUT2D eigenvalue weighted by Crippen LogP contribution is 2.32. The second-order valence-electron chi connectivity index (χ2n) is 7.92. The van der Waals surface area contributed by atoms with Crippen LogP contribution in [0.4, 0.5) is 5.69 Å². The van der Waals surface area contributed by atoms with E-state index in [1.807, 2.05) is 40.1 Å². The van der Waals surface area contributed by atoms with Crippen LogP contribution in [0, 0.1) is 25.7 Å². The zero-order valence-electron chi connectivity index (χ0n) is 16.9. The van der Waals surface area contributed by atoms with E-state index < -0.39 is 0 Å². The van der Waals surface area contributed by atoms with Gasteiger partial charge in [-0.05, 0) is 83.8 Å². The van der Waals surface area contributed by atoms with Crippen molar-refractivity contribution in [2.45, 2.75) is 46.0 Å². The third-order valence-electron chi connectivity index (χ3n) is 5.23. The fourth-order valence-corrected chi connectivity index (χ4v) is 4.04. The van der Waals surface area contributed by atoms with E-state index in [1.54, 1.807) is 0 Å². The molecule has 0 saturated heterocycles. The second-order valence-corrected chi connectivity index (χ2v) is 8.33. The number of benzene rings is 1. The number of aryl methyl sites for hydroxylation is 2. The number of rotatable bonds is 7. The predicted octanol–water partition coefficient (Wildman–Crippen LogP) is 3.77. The number of carbonyl (C=O) groups excluding carboxylic acids is 2. The standard InChI is InChI=1S/C21H32ClN3O2/c1-14-12-15(2)19(18(22)13-14)24-21(27)17-8-6-16(7-9-17)20(26)23-10-5-11-25(3)4/h12-13,16-17H,5-11H2,1-4H3,(H,23,26)(H,24,27). The summed E-state index contributed by atoms with van der Waals surface area (Å²) in [6.45, 7) is 5.61. The fraction of sp³-hybridized carbons (Fsp3) is 0.619. The Kier molecular flexibility index (Phi) is 8.11. The Morgan fingerprint density at radius 2 is 1.67 bits per heavy atom. The van der Waals surface area contributed by atoms with Crippen LogP contribution in [0.25, 0.3) is 0 Å². The lowest BCUT2D eigenvalue weighted by Crippen LogP contribution is -2.36. The van der Waals surface area contributed by atoms with Crippen molar-refractivity contribution in [1.29, 1.82) is 0 Å². The molecule has 0 bridgehead atoms. The average Bonchev–Trinajstić information content (AvgIpc) is 2.61. The van der Waals surface area contributed by atoms with E-state index in [-0.39, 0.29) is 23.7 Å². The summed E-state index contributed by atoms with van der Waals surface area (Å²) in [6, 6.07) is 3.88. The Morgan fingerprint density at radius 1 is 1.07 bits per heavy atom. The van der Waals surface area contributed by atoms with Gasteiger partial charge in [-0.15, -0.1) is 0 Å². The normalized spacial score (nSPS) is 19.8. The number of carbonyl (C=O) groups is 2. The summed E-state index contributed by atoms with van der Waals surface area (Å²) >= 11 is 6.29. The SMILES string of the molecule is Cc1cc(C)c(NC(=O)C2CCC(C(=O)NCCCN(C)C)CC2)c(Cl)c1. The van der Waals surface area contributed by atoms with Crippen molar-refractivity contribution in [2.75, 3.05) is 32.5 Å². The number of nitrogens with one attached hydrogen (secondary N) is 2. The van der Waals surface area contributed by atoms with Gasteiger partial charge >= 0.3 is 0 Å². The summed E-state index contributed by atoms with van der Waals surface area (Å²) in [4.78, 5) is 27.0. The van der Waals surface area contributed by atoms with Crippen molar-refractivity contribution in [1.82, 2.24) is 10.2 Å². The van der Waals surface area contributed by atoms with Gasteiger partial charge < -0.3 is 15.5 Å². The van der Waals surface area contributed by atoms with Gasteiger partial charge in [0, 0.05) is 18.4 Å². The van der Waals surface area contributed by atoms with E-state index >= 15 is 0 Å². The number of nitrogens with zero attached hydrogens (tertiary/aromatic N) is 1. The molecule has 2 N–H and O–H groups in total. The van der Waals surface area contributed by atoms with Crippen LogP contribution in [0.1, 0.15) is 43.2 Å². The van der Waals surface area contributed by atoms with Gasteiger partial charge in [0.1, 0.15) is 0 Å². The molecule has 0 aliphatic heterocycles. The van der Waals surface area contributed by atoms with E-state index in [9.17, 15) is 9.59 Å². The van der Waals surface area contributed by atoms with E-state index in [0.717, 1.165) is 49.8 Å². The molecule has 0 unspecified atom stereocenters. The zero-order chi connectivity index (χ0) is 20.0. The Labute approximate surface area is 167 Å². The van der Waals surface area contributed by atoms with E-state index in [1.165, 1.54) is 0 Å². The fourth-order valence-electron chi connectivity index (χ4n) is 3.67. The molecule has 1 saturated carbocycles. The molecular formula is C21H32ClN3O2. The first kappa shape index (κ1) is 21.7. The van der Waals surface area contributed by atoms with E-state index in [0.29, 0.717) is 17.3 Å². The molecule has 2 rings (SSSR count). The molecule has 0 atom stereocenters. The summed E-state index contributed by atoms with van der Waals surface area (Å²) in [5.74, 6) is 0.108. The molecule has 0 aromatic heterocycles. The lowest BCUT2D eigenvalue weighted by molar-refractivity contribution is -0.128. The van der Waals surface area contributed by atoms with Crippen molar-refractivity contribution in [3.63, 3.8) is 0 Å². The second kappa shape index (κ2) is 10.1. The van der Waals surface area contributed by atoms with Gasteiger partial charge in [0.05, 0.1) is 10.7 Å². The summed E-state index contributed by atoms with van der Waals surface area (Å²) < 4.78 is 0. The van der Waals surface area contributed by atoms with E-state index in [2.05, 4.69) is 15.5 Å². The maximum absolute atomic E-state index is 12.6. The van der Waals surface area contributed by atoms with Crippen LogP contribution in [0.2, 0.25) is 5.02 Å². The van der Waals surface area contributed by atoms with Crippen molar-refractivity contribution < 1.29 is 9.59 Å². The Hall–Kier alpha value is -1.59. The molecule has 5 nitrogen and oxygen atoms in total. The number of halogens is 1. The van der Waals surface area contributed by atoms with Gasteiger partial charge in [-0.2, -0.15) is 0 Å². The number of hydrogen-bond acceptors (Lipinski definition) is 3. The molecule has 0 heterocycles. The van der Waals surface area contributed by atoms with Crippen molar-refractivity contribution in [3.05, 3.63) is 28.3 Å². The van der Waals surface area contributed by atoms with Crippen molar-refractivity contribution in [3.8, 4) is 0 Å². The van der Waals surface area contributed by atoms with Gasteiger partial charge in [-0.25, -0.2) is 0 Å². The van der Waals surface area contributed by atoms with Gasteiger partial charge in [-0.3, -0.25) is 9.59 Å². The van der Waals surface area contributed by atoms with Crippen molar-refractivity contribution >= 4 is 29.1 Å². The molecule has 1 fully saturated rings. The minimum absolute atomic E-state index is 0.00805. The Bertz CT molecular complexity index is 644. The molecule has 0 spiro atoms. The molecular weight excluding hydrogens is 362 g/mol. The monoisotopic (exact) mass is 393 g/mol. The highest BCUT2D eigenvalue weighted by Gasteiger charge is 2.30. The van der Waals surface area contributed by atoms with Crippen LogP contribution in [0.3, 0.4) is 0 Å². The van der Waals surface area contributed by atoms with Crippen LogP contribution >= 0.6 is 11.6 Å². The topological polar surface area (TPSA) is 61.4 Å². The van der Waals surface area contributed by atoms with Crippen LogP contribution < -0.4 is 10.6 Å². The summed E-state index contributed by atoms with van der Waals surface area (Å²) in [7, 11) is 4.05. The third-order valence-corrected chi connectivity index (χ3v) is 5.53. The molecule has 1 aromatic carbocycles. The highest BCUT2D eigenvalue weighted by molar-refractivity contribution is 6.34. The number of anilines is 1. The summed E-state index contributed by atoms with van der Waals surface area (Å²) in [6.07, 6.45) is 3.96. The van der Waals surface area contributed by atoms with Gasteiger partial charge in [0.15, 0.2) is 0 Å². The molecule has 1 aliphatic rings. The zero-order valence-corrected chi connectivity index (χ0v) is 17.7. The molecule has 1 aromatic rings. The first-order valence-electron chi connectivity index (χ1n) is 9.78. The maximum atomic E-state index is 12.6. The molecule has 0 radical (unpaired) electrons. The molecule has 2 amide bonds. The maximum Gasteiger partial charge on any atom is 0.227 e. The van der Waals surface area contributed by atoms with Crippen molar-refractivity contribution in [2.24, 2.45) is 11.8 Å². The molecule has 150 valence electrons. The third kappa shape index (κ3) is 6.51. The van der Waals surface area contributed by atoms with Crippen LogP contribution in [-0.2, 0) is 9.59 Å². The van der Waals surface area contributed by atoms with Crippen LogP contribution in [0.5, 0.6) is 0 Å².